The number of rotatable bonds is 8. The number of anilines is 1. The summed E-state index contributed by atoms with van der Waals surface area (Å²) in [6.07, 6.45) is -2.17. The third-order valence-electron chi connectivity index (χ3n) is 8.15. The van der Waals surface area contributed by atoms with Crippen molar-refractivity contribution in [2.45, 2.75) is 74.8 Å². The Bertz CT molecular complexity index is 1310. The molecule has 4 amide bonds. The van der Waals surface area contributed by atoms with Gasteiger partial charge in [-0.25, -0.2) is 4.39 Å². The smallest absolute Gasteiger partial charge is 0.471 e. The lowest BCUT2D eigenvalue weighted by atomic mass is 9.97. The first-order chi connectivity index (χ1) is 19.3. The lowest BCUT2D eigenvalue weighted by Gasteiger charge is -2.36. The van der Waals surface area contributed by atoms with Crippen LogP contribution in [-0.2, 0) is 19.2 Å². The lowest BCUT2D eigenvalue weighted by molar-refractivity contribution is -0.175. The molecule has 41 heavy (non-hydrogen) atoms. The molecule has 0 radical (unpaired) electrons. The largest absolute Gasteiger partial charge is 0.473 e. The van der Waals surface area contributed by atoms with Crippen molar-refractivity contribution in [2.24, 2.45) is 11.8 Å². The van der Waals surface area contributed by atoms with Gasteiger partial charge < -0.3 is 25.2 Å². The Kier molecular flexibility index (Phi) is 7.33. The number of likely N-dealkylation sites (N-methyl/N-ethyl adjacent to an activating group) is 1. The van der Waals surface area contributed by atoms with E-state index in [1.54, 1.807) is 5.32 Å². The van der Waals surface area contributed by atoms with E-state index in [0.29, 0.717) is 12.8 Å². The van der Waals surface area contributed by atoms with E-state index in [1.165, 1.54) is 13.1 Å². The molecule has 2 aliphatic carbocycles. The molecule has 3 fully saturated rings. The second-order valence-corrected chi connectivity index (χ2v) is 11.4. The van der Waals surface area contributed by atoms with Crippen molar-refractivity contribution in [3.63, 3.8) is 0 Å². The van der Waals surface area contributed by atoms with Crippen molar-refractivity contribution in [1.29, 1.82) is 5.26 Å². The van der Waals surface area contributed by atoms with Crippen LogP contribution in [0.1, 0.15) is 44.9 Å². The number of ether oxygens (including phenoxy) is 1. The van der Waals surface area contributed by atoms with Crippen LogP contribution >= 0.6 is 0 Å². The number of fused-ring (bicyclic) bond motifs is 1. The summed E-state index contributed by atoms with van der Waals surface area (Å²) >= 11 is 0. The summed E-state index contributed by atoms with van der Waals surface area (Å²) in [7, 11) is 1.29. The fourth-order valence-corrected chi connectivity index (χ4v) is 5.47. The molecule has 0 bridgehead atoms. The Hall–Kier alpha value is -3.89. The van der Waals surface area contributed by atoms with E-state index in [0.717, 1.165) is 34.8 Å². The quantitative estimate of drug-likeness (QED) is 0.455. The van der Waals surface area contributed by atoms with Gasteiger partial charge >= 0.3 is 12.1 Å². The number of amides is 4. The van der Waals surface area contributed by atoms with Gasteiger partial charge in [-0.2, -0.15) is 18.4 Å². The SMILES string of the molecule is CN(C(=O)[C@H](CC1CC1)NC(=O)C(F)(F)F)[C@@H](CC1CC1)C(=O)N1C[C@@]2(C[C@H]1C#N)Oc1cc(F)ccc1NC2=O. The first-order valence-electron chi connectivity index (χ1n) is 13.5. The third-order valence-corrected chi connectivity index (χ3v) is 8.15. The minimum Gasteiger partial charge on any atom is -0.473 e. The van der Waals surface area contributed by atoms with Crippen LogP contribution in [0.3, 0.4) is 0 Å². The number of nitriles is 1. The average Bonchev–Trinajstić information content (AvgIpc) is 3.85. The van der Waals surface area contributed by atoms with Crippen molar-refractivity contribution in [1.82, 2.24) is 15.1 Å². The number of alkyl halides is 3. The summed E-state index contributed by atoms with van der Waals surface area (Å²) in [6.45, 7) is -0.356. The molecule has 2 aliphatic heterocycles. The zero-order valence-electron chi connectivity index (χ0n) is 22.2. The van der Waals surface area contributed by atoms with Crippen molar-refractivity contribution in [3.8, 4) is 11.8 Å². The van der Waals surface area contributed by atoms with Gasteiger partial charge in [0.05, 0.1) is 18.3 Å². The number of hydrogen-bond donors (Lipinski definition) is 2. The Labute approximate surface area is 233 Å². The molecule has 2 saturated carbocycles. The summed E-state index contributed by atoms with van der Waals surface area (Å²) in [5.74, 6) is -4.85. The molecule has 0 aromatic heterocycles. The Morgan fingerprint density at radius 1 is 1.22 bits per heavy atom. The predicted molar refractivity (Wildman–Crippen MR) is 133 cm³/mol. The number of nitrogens with one attached hydrogen (secondary N) is 2. The second-order valence-electron chi connectivity index (χ2n) is 11.4. The van der Waals surface area contributed by atoms with Crippen molar-refractivity contribution >= 4 is 29.3 Å². The first kappa shape index (κ1) is 28.6. The average molecular weight is 580 g/mol. The molecular formula is C27H29F4N5O5. The standard InChI is InChI=1S/C27H29F4N5O5/c1-35(22(37)19(8-14-2-3-14)34-25(40)27(29,30)31)20(9-15-4-5-15)23(38)36-13-26(11-17(36)12-32)24(39)33-18-7-6-16(28)10-21(18)41-26/h6-7,10,14-15,17,19-20H,2-5,8-9,11,13H2,1H3,(H,33,39)(H,34,40)/t17-,19-,20-,26+/m0/s1. The van der Waals surface area contributed by atoms with Crippen LogP contribution in [-0.4, -0.2) is 76.9 Å². The third kappa shape index (κ3) is 5.94. The molecule has 2 N–H and O–H groups in total. The predicted octanol–water partition coefficient (Wildman–Crippen LogP) is 2.49. The molecule has 5 rings (SSSR count). The van der Waals surface area contributed by atoms with Gasteiger partial charge in [-0.05, 0) is 36.8 Å². The monoisotopic (exact) mass is 579 g/mol. The molecule has 0 unspecified atom stereocenters. The Morgan fingerprint density at radius 2 is 1.88 bits per heavy atom. The molecule has 10 nitrogen and oxygen atoms in total. The fraction of sp³-hybridized carbons (Fsp3) is 0.593. The fourth-order valence-electron chi connectivity index (χ4n) is 5.47. The molecule has 1 spiro atoms. The molecule has 220 valence electrons. The number of nitrogens with zero attached hydrogens (tertiary/aromatic N) is 3. The zero-order valence-corrected chi connectivity index (χ0v) is 22.2. The van der Waals surface area contributed by atoms with E-state index in [9.17, 15) is 42.0 Å². The normalized spacial score (nSPS) is 24.9. The maximum Gasteiger partial charge on any atom is 0.471 e. The van der Waals surface area contributed by atoms with Crippen LogP contribution in [0.15, 0.2) is 18.2 Å². The Morgan fingerprint density at radius 3 is 2.49 bits per heavy atom. The second kappa shape index (κ2) is 10.5. The van der Waals surface area contributed by atoms with Gasteiger partial charge in [-0.15, -0.1) is 0 Å². The van der Waals surface area contributed by atoms with Crippen LogP contribution in [0.2, 0.25) is 0 Å². The van der Waals surface area contributed by atoms with Gasteiger partial charge in [0.15, 0.2) is 0 Å². The lowest BCUT2D eigenvalue weighted by Crippen LogP contribution is -2.58. The van der Waals surface area contributed by atoms with Gasteiger partial charge in [-0.1, -0.05) is 25.7 Å². The van der Waals surface area contributed by atoms with Gasteiger partial charge in [-0.3, -0.25) is 19.2 Å². The molecular weight excluding hydrogens is 550 g/mol. The molecule has 2 heterocycles. The van der Waals surface area contributed by atoms with Crippen molar-refractivity contribution < 1.29 is 41.5 Å². The number of likely N-dealkylation sites (tertiary alicyclic amines) is 1. The highest BCUT2D eigenvalue weighted by Crippen LogP contribution is 2.42. The highest BCUT2D eigenvalue weighted by molar-refractivity contribution is 6.02. The number of carbonyl (C=O) groups is 4. The summed E-state index contributed by atoms with van der Waals surface area (Å²) < 4.78 is 58.8. The minimum atomic E-state index is -5.18. The molecule has 1 aromatic rings. The highest BCUT2D eigenvalue weighted by atomic mass is 19.4. The summed E-state index contributed by atoms with van der Waals surface area (Å²) in [6, 6.07) is 1.80. The molecule has 1 aromatic carbocycles. The van der Waals surface area contributed by atoms with Crippen molar-refractivity contribution in [2.75, 3.05) is 18.9 Å². The van der Waals surface area contributed by atoms with Crippen LogP contribution in [0.25, 0.3) is 0 Å². The van der Waals surface area contributed by atoms with E-state index >= 15 is 0 Å². The molecule has 14 heteroatoms. The van der Waals surface area contributed by atoms with Gasteiger partial charge in [0.25, 0.3) is 5.91 Å². The van der Waals surface area contributed by atoms with Crippen LogP contribution < -0.4 is 15.4 Å². The topological polar surface area (TPSA) is 132 Å². The first-order valence-corrected chi connectivity index (χ1v) is 13.5. The van der Waals surface area contributed by atoms with Crippen LogP contribution in [0.5, 0.6) is 5.75 Å². The van der Waals surface area contributed by atoms with Crippen molar-refractivity contribution in [3.05, 3.63) is 24.0 Å². The number of hydrogen-bond acceptors (Lipinski definition) is 6. The molecule has 4 atom stereocenters. The van der Waals surface area contributed by atoms with Gasteiger partial charge in [0.2, 0.25) is 17.4 Å². The number of halogens is 4. The summed E-state index contributed by atoms with van der Waals surface area (Å²) in [5.41, 5.74) is -1.45. The van der Waals surface area contributed by atoms with E-state index in [1.807, 2.05) is 6.07 Å². The van der Waals surface area contributed by atoms with E-state index in [4.69, 9.17) is 4.74 Å². The molecule has 1 saturated heterocycles. The molecule has 4 aliphatic rings. The summed E-state index contributed by atoms with van der Waals surface area (Å²) in [5, 5.41) is 14.3. The van der Waals surface area contributed by atoms with Gasteiger partial charge in [0, 0.05) is 19.5 Å². The van der Waals surface area contributed by atoms with Crippen LogP contribution in [0, 0.1) is 29.0 Å². The van der Waals surface area contributed by atoms with E-state index in [2.05, 4.69) is 5.32 Å². The summed E-state index contributed by atoms with van der Waals surface area (Å²) in [4.78, 5) is 54.4. The van der Waals surface area contributed by atoms with E-state index in [-0.39, 0.29) is 49.1 Å². The van der Waals surface area contributed by atoms with E-state index < -0.39 is 59.3 Å². The zero-order chi connectivity index (χ0) is 29.7. The Balaban J connectivity index is 1.38. The maximum atomic E-state index is 14.0. The number of carbonyl (C=O) groups excluding carboxylic acids is 4. The minimum absolute atomic E-state index is 0.00690. The number of benzene rings is 1. The van der Waals surface area contributed by atoms with Gasteiger partial charge in [0.1, 0.15) is 29.7 Å². The van der Waals surface area contributed by atoms with Crippen LogP contribution in [0.4, 0.5) is 23.2 Å². The highest BCUT2D eigenvalue weighted by Gasteiger charge is 2.56. The maximum absolute atomic E-state index is 14.0.